The normalized spacial score (nSPS) is 11.0. The maximum absolute atomic E-state index is 14.4. The summed E-state index contributed by atoms with van der Waals surface area (Å²) < 4.78 is 51.5. The van der Waals surface area contributed by atoms with Gasteiger partial charge in [0.1, 0.15) is 5.82 Å². The molecule has 12 heteroatoms. The van der Waals surface area contributed by atoms with E-state index in [-0.39, 0.29) is 39.7 Å². The van der Waals surface area contributed by atoms with Crippen LogP contribution in [0.25, 0.3) is 0 Å². The Morgan fingerprint density at radius 2 is 1.72 bits per heavy atom. The largest absolute Gasteiger partial charge is 0.493 e. The van der Waals surface area contributed by atoms with Crippen molar-refractivity contribution in [1.82, 2.24) is 0 Å². The van der Waals surface area contributed by atoms with Gasteiger partial charge in [-0.2, -0.15) is 0 Å². The number of benzene rings is 3. The Morgan fingerprint density at radius 3 is 2.31 bits per heavy atom. The summed E-state index contributed by atoms with van der Waals surface area (Å²) >= 11 is 0. The van der Waals surface area contributed by atoms with Crippen LogP contribution < -0.4 is 19.1 Å². The molecule has 190 valence electrons. The number of rotatable bonds is 9. The fourth-order valence-electron chi connectivity index (χ4n) is 3.47. The summed E-state index contributed by atoms with van der Waals surface area (Å²) in [6.45, 7) is 1.24. The summed E-state index contributed by atoms with van der Waals surface area (Å²) in [7, 11) is -1.34. The van der Waals surface area contributed by atoms with Crippen LogP contribution in [0, 0.1) is 22.9 Å². The quantitative estimate of drug-likeness (QED) is 0.331. The van der Waals surface area contributed by atoms with Crippen molar-refractivity contribution in [2.75, 3.05) is 30.1 Å². The number of hydrogen-bond acceptors (Lipinski definition) is 7. The van der Waals surface area contributed by atoms with E-state index in [2.05, 4.69) is 5.32 Å². The van der Waals surface area contributed by atoms with Crippen molar-refractivity contribution in [3.05, 3.63) is 87.2 Å². The number of halogens is 1. The number of sulfonamides is 1. The minimum atomic E-state index is -4.03. The van der Waals surface area contributed by atoms with Gasteiger partial charge in [0.05, 0.1) is 48.9 Å². The minimum Gasteiger partial charge on any atom is -0.493 e. The monoisotopic (exact) mass is 517 g/mol. The molecule has 0 saturated carbocycles. The molecule has 10 nitrogen and oxygen atoms in total. The fraction of sp³-hybridized carbons (Fsp3) is 0.208. The van der Waals surface area contributed by atoms with E-state index in [4.69, 9.17) is 9.47 Å². The number of carbonyl (C=O) groups is 1. The number of ether oxygens (including phenoxy) is 2. The number of anilines is 2. The van der Waals surface area contributed by atoms with Crippen molar-refractivity contribution in [2.24, 2.45) is 0 Å². The SMILES string of the molecule is COc1cc(C(=O)Nc2cc([N+](=O)[O-])ccc2C)c(N(Cc2ccccc2F)S(C)(=O)=O)cc1OC. The van der Waals surface area contributed by atoms with Crippen LogP contribution in [0.3, 0.4) is 0 Å². The molecule has 1 amide bonds. The zero-order valence-electron chi connectivity index (χ0n) is 19.9. The first-order valence-corrected chi connectivity index (χ1v) is 12.3. The predicted molar refractivity (Wildman–Crippen MR) is 133 cm³/mol. The first-order valence-electron chi connectivity index (χ1n) is 10.5. The third-order valence-corrected chi connectivity index (χ3v) is 6.49. The second-order valence-corrected chi connectivity index (χ2v) is 9.70. The molecular weight excluding hydrogens is 493 g/mol. The van der Waals surface area contributed by atoms with Crippen molar-refractivity contribution in [3.8, 4) is 11.5 Å². The molecule has 0 aromatic heterocycles. The van der Waals surface area contributed by atoms with Gasteiger partial charge in [-0.1, -0.05) is 24.3 Å². The van der Waals surface area contributed by atoms with E-state index in [9.17, 15) is 27.7 Å². The lowest BCUT2D eigenvalue weighted by Gasteiger charge is -2.26. The summed E-state index contributed by atoms with van der Waals surface area (Å²) in [4.78, 5) is 24.0. The zero-order valence-corrected chi connectivity index (χ0v) is 20.8. The van der Waals surface area contributed by atoms with Gasteiger partial charge in [-0.05, 0) is 24.6 Å². The number of amides is 1. The van der Waals surface area contributed by atoms with Gasteiger partial charge < -0.3 is 14.8 Å². The van der Waals surface area contributed by atoms with Gasteiger partial charge >= 0.3 is 0 Å². The molecule has 0 atom stereocenters. The molecule has 1 N–H and O–H groups in total. The number of nitro benzene ring substituents is 1. The Balaban J connectivity index is 2.17. The van der Waals surface area contributed by atoms with Crippen LogP contribution in [0.15, 0.2) is 54.6 Å². The highest BCUT2D eigenvalue weighted by molar-refractivity contribution is 7.92. The molecule has 3 aromatic rings. The molecule has 0 spiro atoms. The van der Waals surface area contributed by atoms with Gasteiger partial charge in [-0.25, -0.2) is 12.8 Å². The van der Waals surface area contributed by atoms with Crippen LogP contribution in [0.1, 0.15) is 21.5 Å². The smallest absolute Gasteiger partial charge is 0.271 e. The average molecular weight is 518 g/mol. The third-order valence-electron chi connectivity index (χ3n) is 5.37. The molecule has 0 radical (unpaired) electrons. The van der Waals surface area contributed by atoms with Gasteiger partial charge in [0, 0.05) is 23.8 Å². The van der Waals surface area contributed by atoms with Crippen molar-refractivity contribution in [1.29, 1.82) is 0 Å². The Hall–Kier alpha value is -4.19. The Kier molecular flexibility index (Phi) is 7.78. The van der Waals surface area contributed by atoms with Crippen LogP contribution in [-0.4, -0.2) is 39.7 Å². The molecule has 0 fully saturated rings. The van der Waals surface area contributed by atoms with Crippen LogP contribution >= 0.6 is 0 Å². The lowest BCUT2D eigenvalue weighted by molar-refractivity contribution is -0.384. The van der Waals surface area contributed by atoms with Gasteiger partial charge in [0.15, 0.2) is 11.5 Å². The van der Waals surface area contributed by atoms with Crippen molar-refractivity contribution >= 4 is 33.0 Å². The highest BCUT2D eigenvalue weighted by Gasteiger charge is 2.27. The van der Waals surface area contributed by atoms with Gasteiger partial charge in [0.2, 0.25) is 10.0 Å². The summed E-state index contributed by atoms with van der Waals surface area (Å²) in [5.41, 5.74) is 0.316. The summed E-state index contributed by atoms with van der Waals surface area (Å²) in [6.07, 6.45) is 0.928. The Bertz CT molecular complexity index is 1430. The van der Waals surface area contributed by atoms with E-state index in [1.54, 1.807) is 13.0 Å². The number of methoxy groups -OCH3 is 2. The maximum atomic E-state index is 14.4. The molecule has 0 unspecified atom stereocenters. The molecular formula is C24H24FN3O7S. The number of nitrogens with one attached hydrogen (secondary N) is 1. The molecule has 0 bridgehead atoms. The molecule has 0 heterocycles. The number of hydrogen-bond donors (Lipinski definition) is 1. The predicted octanol–water partition coefficient (Wildman–Crippen LogP) is 4.28. The molecule has 36 heavy (non-hydrogen) atoms. The lowest BCUT2D eigenvalue weighted by atomic mass is 10.1. The fourth-order valence-corrected chi connectivity index (χ4v) is 4.35. The summed E-state index contributed by atoms with van der Waals surface area (Å²) in [5, 5.41) is 13.8. The van der Waals surface area contributed by atoms with E-state index in [0.29, 0.717) is 5.56 Å². The molecule has 0 saturated heterocycles. The topological polar surface area (TPSA) is 128 Å². The minimum absolute atomic E-state index is 0.0820. The lowest BCUT2D eigenvalue weighted by Crippen LogP contribution is -2.32. The van der Waals surface area contributed by atoms with Crippen LogP contribution in [0.5, 0.6) is 11.5 Å². The standard InChI is InChI=1S/C24H24FN3O7S/c1-15-9-10-17(28(30)31)11-20(15)26-24(29)18-12-22(34-2)23(35-3)13-21(18)27(36(4,32)33)14-16-7-5-6-8-19(16)25/h5-13H,14H2,1-4H3,(H,26,29). The van der Waals surface area contributed by atoms with Crippen molar-refractivity contribution < 1.29 is 32.0 Å². The van der Waals surface area contributed by atoms with Gasteiger partial charge in [-0.3, -0.25) is 19.2 Å². The number of carbonyl (C=O) groups excluding carboxylic acids is 1. The first-order chi connectivity index (χ1) is 17.0. The zero-order chi connectivity index (χ0) is 26.6. The van der Waals surface area contributed by atoms with Crippen LogP contribution in [0.2, 0.25) is 0 Å². The van der Waals surface area contributed by atoms with Crippen molar-refractivity contribution in [2.45, 2.75) is 13.5 Å². The highest BCUT2D eigenvalue weighted by Crippen LogP contribution is 2.37. The van der Waals surface area contributed by atoms with E-state index < -0.39 is 33.2 Å². The van der Waals surface area contributed by atoms with Crippen LogP contribution in [0.4, 0.5) is 21.5 Å². The Labute approximate surface area is 207 Å². The van der Waals surface area contributed by atoms with Gasteiger partial charge in [0.25, 0.3) is 11.6 Å². The number of nitrogens with zero attached hydrogens (tertiary/aromatic N) is 2. The van der Waals surface area contributed by atoms with Gasteiger partial charge in [-0.15, -0.1) is 0 Å². The summed E-state index contributed by atoms with van der Waals surface area (Å²) in [6, 6.07) is 12.2. The Morgan fingerprint density at radius 1 is 1.08 bits per heavy atom. The van der Waals surface area contributed by atoms with E-state index >= 15 is 0 Å². The molecule has 3 rings (SSSR count). The van der Waals surface area contributed by atoms with Crippen LogP contribution in [-0.2, 0) is 16.6 Å². The third kappa shape index (κ3) is 5.71. The molecule has 3 aromatic carbocycles. The second-order valence-electron chi connectivity index (χ2n) is 7.80. The maximum Gasteiger partial charge on any atom is 0.271 e. The van der Waals surface area contributed by atoms with E-state index in [0.717, 1.165) is 10.6 Å². The van der Waals surface area contributed by atoms with E-state index in [1.165, 1.54) is 62.8 Å². The first kappa shape index (κ1) is 26.4. The van der Waals surface area contributed by atoms with Crippen molar-refractivity contribution in [3.63, 3.8) is 0 Å². The summed E-state index contributed by atoms with van der Waals surface area (Å²) in [5.74, 6) is -1.11. The molecule has 0 aliphatic carbocycles. The number of nitro groups is 1. The molecule has 0 aliphatic heterocycles. The highest BCUT2D eigenvalue weighted by atomic mass is 32.2. The second kappa shape index (κ2) is 10.6. The molecule has 0 aliphatic rings. The number of non-ortho nitro benzene ring substituents is 1. The number of aryl methyl sites for hydroxylation is 1. The average Bonchev–Trinajstić information content (AvgIpc) is 2.83. The van der Waals surface area contributed by atoms with E-state index in [1.807, 2.05) is 0 Å².